The first-order chi connectivity index (χ1) is 8.85. The van der Waals surface area contributed by atoms with E-state index in [0.29, 0.717) is 0 Å². The highest BCUT2D eigenvalue weighted by atomic mass is 28.4. The van der Waals surface area contributed by atoms with Crippen LogP contribution in [-0.2, 0) is 13.3 Å². The van der Waals surface area contributed by atoms with Crippen LogP contribution in [0.4, 0.5) is 30.7 Å². The molecule has 0 aromatic rings. The summed E-state index contributed by atoms with van der Waals surface area (Å²) in [6.07, 6.45) is -9.84. The van der Waals surface area contributed by atoms with Gasteiger partial charge in [0.05, 0.1) is 0 Å². The molecule has 0 N–H and O–H groups in total. The summed E-state index contributed by atoms with van der Waals surface area (Å²) in [7, 11) is -0.335. The Bertz CT molecular complexity index is 296. The maximum Gasteiger partial charge on any atom is 0.500 e. The summed E-state index contributed by atoms with van der Waals surface area (Å²) in [4.78, 5) is 0. The zero-order chi connectivity index (χ0) is 16.2. The predicted molar refractivity (Wildman–Crippen MR) is 56.8 cm³/mol. The van der Waals surface area contributed by atoms with E-state index in [1.165, 1.54) is 0 Å². The summed E-state index contributed by atoms with van der Waals surface area (Å²) in [6.45, 7) is 0. The largest absolute Gasteiger partial charge is 0.500 e. The third kappa shape index (κ3) is 5.18. The Hall–Kier alpha value is -0.393. The summed E-state index contributed by atoms with van der Waals surface area (Å²) in [5, 5.41) is 0. The van der Waals surface area contributed by atoms with Crippen LogP contribution in [-0.4, -0.2) is 48.2 Å². The van der Waals surface area contributed by atoms with E-state index in [-0.39, 0.29) is 0 Å². The molecule has 0 fully saturated rings. The highest BCUT2D eigenvalue weighted by Gasteiger charge is 2.61. The summed E-state index contributed by atoms with van der Waals surface area (Å²) < 4.78 is 102. The Kier molecular flexibility index (Phi) is 6.45. The van der Waals surface area contributed by atoms with E-state index in [2.05, 4.69) is 0 Å². The molecule has 122 valence electrons. The van der Waals surface area contributed by atoms with Crippen molar-refractivity contribution in [2.24, 2.45) is 0 Å². The highest BCUT2D eigenvalue weighted by molar-refractivity contribution is 6.60. The lowest BCUT2D eigenvalue weighted by molar-refractivity contribution is -0.264. The van der Waals surface area contributed by atoms with Crippen LogP contribution in [0.5, 0.6) is 0 Å². The van der Waals surface area contributed by atoms with E-state index in [4.69, 9.17) is 13.3 Å². The van der Waals surface area contributed by atoms with Gasteiger partial charge < -0.3 is 13.3 Å². The lowest BCUT2D eigenvalue weighted by Crippen LogP contribution is -2.48. The van der Waals surface area contributed by atoms with Crippen LogP contribution < -0.4 is 0 Å². The highest BCUT2D eigenvalue weighted by Crippen LogP contribution is 2.45. The van der Waals surface area contributed by atoms with Crippen LogP contribution in [0.15, 0.2) is 0 Å². The maximum absolute atomic E-state index is 13.3. The summed E-state index contributed by atoms with van der Waals surface area (Å²) in [6, 6.07) is -0.739. The van der Waals surface area contributed by atoms with Crippen LogP contribution in [0.3, 0.4) is 0 Å². The minimum absolute atomic E-state index is 0.739. The topological polar surface area (TPSA) is 27.7 Å². The molecule has 3 nitrogen and oxygen atoms in total. The van der Waals surface area contributed by atoms with Crippen molar-refractivity contribution in [3.8, 4) is 0 Å². The van der Waals surface area contributed by atoms with Gasteiger partial charge in [0.25, 0.3) is 0 Å². The first kappa shape index (κ1) is 19.6. The van der Waals surface area contributed by atoms with Gasteiger partial charge in [-0.15, -0.1) is 0 Å². The molecule has 0 bridgehead atoms. The minimum Gasteiger partial charge on any atom is -0.377 e. The molecule has 0 aliphatic rings. The summed E-state index contributed by atoms with van der Waals surface area (Å²) in [5.41, 5.74) is 0. The Labute approximate surface area is 112 Å². The molecule has 0 unspecified atom stereocenters. The average Bonchev–Trinajstić information content (AvgIpc) is 2.28. The van der Waals surface area contributed by atoms with Crippen molar-refractivity contribution in [3.05, 3.63) is 0 Å². The Balaban J connectivity index is 4.89. The van der Waals surface area contributed by atoms with E-state index in [1.54, 1.807) is 0 Å². The van der Waals surface area contributed by atoms with Gasteiger partial charge in [0, 0.05) is 33.8 Å². The van der Waals surface area contributed by atoms with Crippen LogP contribution in [0.25, 0.3) is 0 Å². The van der Waals surface area contributed by atoms with Crippen molar-refractivity contribution in [1.29, 1.82) is 0 Å². The molecule has 0 spiro atoms. The number of hydrogen-bond donors (Lipinski definition) is 0. The zero-order valence-corrected chi connectivity index (χ0v) is 12.0. The molecule has 0 amide bonds. The van der Waals surface area contributed by atoms with E-state index in [9.17, 15) is 30.7 Å². The van der Waals surface area contributed by atoms with E-state index < -0.39 is 45.7 Å². The van der Waals surface area contributed by atoms with Crippen molar-refractivity contribution in [2.45, 2.75) is 36.9 Å². The van der Waals surface area contributed by atoms with Crippen molar-refractivity contribution >= 4 is 8.80 Å². The van der Waals surface area contributed by atoms with Crippen LogP contribution in [0, 0.1) is 0 Å². The van der Waals surface area contributed by atoms with Crippen molar-refractivity contribution in [2.75, 3.05) is 21.3 Å². The van der Waals surface area contributed by atoms with Crippen molar-refractivity contribution in [3.63, 3.8) is 0 Å². The van der Waals surface area contributed by atoms with Gasteiger partial charge in [-0.2, -0.15) is 30.7 Å². The first-order valence-electron chi connectivity index (χ1n) is 5.32. The van der Waals surface area contributed by atoms with Gasteiger partial charge in [-0.25, -0.2) is 0 Å². The number of rotatable bonds is 8. The molecule has 11 heteroatoms. The van der Waals surface area contributed by atoms with Crippen molar-refractivity contribution in [1.82, 2.24) is 0 Å². The van der Waals surface area contributed by atoms with Gasteiger partial charge in [0.2, 0.25) is 0 Å². The Morgan fingerprint density at radius 3 is 1.45 bits per heavy atom. The summed E-state index contributed by atoms with van der Waals surface area (Å²) in [5.74, 6) is -10.1. The molecule has 20 heavy (non-hydrogen) atoms. The zero-order valence-electron chi connectivity index (χ0n) is 11.0. The minimum atomic E-state index is -5.40. The third-order valence-corrected chi connectivity index (χ3v) is 5.36. The molecule has 0 aliphatic carbocycles. The number of alkyl halides is 7. The molecule has 0 atom stereocenters. The quantitative estimate of drug-likeness (QED) is 0.503. The second-order valence-corrected chi connectivity index (χ2v) is 7.09. The number of hydrogen-bond acceptors (Lipinski definition) is 3. The van der Waals surface area contributed by atoms with Crippen molar-refractivity contribution < 1.29 is 44.0 Å². The normalized spacial score (nSPS) is 14.7. The van der Waals surface area contributed by atoms with Gasteiger partial charge in [-0.05, 0) is 0 Å². The fourth-order valence-corrected chi connectivity index (χ4v) is 3.16. The van der Waals surface area contributed by atoms with Crippen LogP contribution in [0.2, 0.25) is 6.04 Å². The molecule has 0 aromatic carbocycles. The second-order valence-electron chi connectivity index (χ2n) is 4.00. The maximum atomic E-state index is 13.3. The van der Waals surface area contributed by atoms with E-state index >= 15 is 0 Å². The smallest absolute Gasteiger partial charge is 0.377 e. The molecule has 0 radical (unpaired) electrons. The Morgan fingerprint density at radius 2 is 1.15 bits per heavy atom. The molecule has 0 saturated carbocycles. The first-order valence-corrected chi connectivity index (χ1v) is 7.26. The molecule has 0 saturated heterocycles. The molecular formula is C9H15F7O3Si. The molecule has 0 heterocycles. The van der Waals surface area contributed by atoms with Gasteiger partial charge in [0.15, 0.2) is 0 Å². The van der Waals surface area contributed by atoms with Gasteiger partial charge in [-0.1, -0.05) is 0 Å². The van der Waals surface area contributed by atoms with Gasteiger partial charge in [-0.3, -0.25) is 0 Å². The van der Waals surface area contributed by atoms with Gasteiger partial charge >= 0.3 is 26.8 Å². The SMILES string of the molecule is CO[Si](CCC(F)(F)C(F)(F)CC(F)(F)F)(OC)OC. The lowest BCUT2D eigenvalue weighted by atomic mass is 10.1. The molecule has 0 aliphatic heterocycles. The second kappa shape index (κ2) is 6.58. The molecular weight excluding hydrogens is 317 g/mol. The fourth-order valence-electron chi connectivity index (χ4n) is 1.43. The van der Waals surface area contributed by atoms with Crippen LogP contribution in [0.1, 0.15) is 12.8 Å². The molecule has 0 rings (SSSR count). The van der Waals surface area contributed by atoms with E-state index in [1.807, 2.05) is 0 Å². The summed E-state index contributed by atoms with van der Waals surface area (Å²) >= 11 is 0. The molecule has 0 aromatic heterocycles. The average molecular weight is 332 g/mol. The Morgan fingerprint density at radius 1 is 0.750 bits per heavy atom. The lowest BCUT2D eigenvalue weighted by Gasteiger charge is -2.30. The third-order valence-electron chi connectivity index (χ3n) is 2.64. The van der Waals surface area contributed by atoms with E-state index in [0.717, 1.165) is 21.3 Å². The standard InChI is InChI=1S/C9H15F7O3Si/c1-17-20(18-2,19-3)5-4-7(10,11)8(12,13)6-9(14,15)16/h4-6H2,1-3H3. The monoisotopic (exact) mass is 332 g/mol. The number of halogens is 7. The van der Waals surface area contributed by atoms with Gasteiger partial charge in [0.1, 0.15) is 6.42 Å². The predicted octanol–water partition coefficient (Wildman–Crippen LogP) is 3.48. The fraction of sp³-hybridized carbons (Fsp3) is 1.00. The van der Waals surface area contributed by atoms with Crippen LogP contribution >= 0.6 is 0 Å².